The Morgan fingerprint density at radius 3 is 2.77 bits per heavy atom. The first-order chi connectivity index (χ1) is 12.3. The Labute approximate surface area is 159 Å². The van der Waals surface area contributed by atoms with Gasteiger partial charge in [-0.3, -0.25) is 14.2 Å². The maximum absolute atomic E-state index is 12.8. The highest BCUT2D eigenvalue weighted by Gasteiger charge is 2.20. The van der Waals surface area contributed by atoms with Crippen molar-refractivity contribution >= 4 is 44.7 Å². The molecule has 1 N–H and O–H groups in total. The second-order valence-electron chi connectivity index (χ2n) is 5.93. The molecular formula is C18H18ClN3O3S. The van der Waals surface area contributed by atoms with E-state index < -0.39 is 6.04 Å². The van der Waals surface area contributed by atoms with Crippen LogP contribution in [0.4, 0.5) is 5.69 Å². The first kappa shape index (κ1) is 18.4. The van der Waals surface area contributed by atoms with Crippen molar-refractivity contribution in [1.82, 2.24) is 9.55 Å². The highest BCUT2D eigenvalue weighted by molar-refractivity contribution is 7.18. The summed E-state index contributed by atoms with van der Waals surface area (Å²) in [6.07, 6.45) is 1.42. The average Bonchev–Trinajstić information content (AvgIpc) is 2.90. The highest BCUT2D eigenvalue weighted by atomic mass is 35.5. The molecule has 2 aromatic heterocycles. The van der Waals surface area contributed by atoms with Crippen LogP contribution in [0.3, 0.4) is 0 Å². The third kappa shape index (κ3) is 3.20. The number of nitrogens with one attached hydrogen (secondary N) is 1. The lowest BCUT2D eigenvalue weighted by atomic mass is 10.2. The fourth-order valence-corrected chi connectivity index (χ4v) is 3.89. The number of carbonyl (C=O) groups is 1. The third-order valence-electron chi connectivity index (χ3n) is 4.33. The normalized spacial score (nSPS) is 12.2. The summed E-state index contributed by atoms with van der Waals surface area (Å²) in [4.78, 5) is 31.5. The number of aryl methyl sites for hydroxylation is 2. The SMILES string of the molecule is COc1ccc(NC(=O)[C@@H](C)n2cnc3sc(C)c(C)c3c2=O)cc1Cl. The van der Waals surface area contributed by atoms with Gasteiger partial charge in [-0.15, -0.1) is 11.3 Å². The van der Waals surface area contributed by atoms with E-state index >= 15 is 0 Å². The monoisotopic (exact) mass is 391 g/mol. The summed E-state index contributed by atoms with van der Waals surface area (Å²) in [5.74, 6) is 0.186. The molecule has 0 aliphatic heterocycles. The molecule has 0 unspecified atom stereocenters. The van der Waals surface area contributed by atoms with Crippen molar-refractivity contribution < 1.29 is 9.53 Å². The number of hydrogen-bond donors (Lipinski definition) is 1. The van der Waals surface area contributed by atoms with Crippen LogP contribution >= 0.6 is 22.9 Å². The number of fused-ring (bicyclic) bond motifs is 1. The molecule has 0 aliphatic rings. The van der Waals surface area contributed by atoms with Crippen LogP contribution in [-0.4, -0.2) is 22.6 Å². The van der Waals surface area contributed by atoms with E-state index in [0.717, 1.165) is 10.4 Å². The fraction of sp³-hybridized carbons (Fsp3) is 0.278. The summed E-state index contributed by atoms with van der Waals surface area (Å²) >= 11 is 7.56. The topological polar surface area (TPSA) is 73.2 Å². The first-order valence-electron chi connectivity index (χ1n) is 7.94. The third-order valence-corrected chi connectivity index (χ3v) is 5.74. The number of amides is 1. The standard InChI is InChI=1S/C18H18ClN3O3S/c1-9-11(3)26-17-15(9)18(24)22(8-20-17)10(2)16(23)21-12-5-6-14(25-4)13(19)7-12/h5-8,10H,1-4H3,(H,21,23)/t10-/m1/s1. The lowest BCUT2D eigenvalue weighted by Crippen LogP contribution is -2.31. The molecule has 6 nitrogen and oxygen atoms in total. The van der Waals surface area contributed by atoms with Gasteiger partial charge in [-0.25, -0.2) is 4.98 Å². The van der Waals surface area contributed by atoms with Gasteiger partial charge in [-0.2, -0.15) is 0 Å². The van der Waals surface area contributed by atoms with Gasteiger partial charge < -0.3 is 10.1 Å². The van der Waals surface area contributed by atoms with Crippen LogP contribution in [0.2, 0.25) is 5.02 Å². The van der Waals surface area contributed by atoms with Crippen molar-refractivity contribution in [3.8, 4) is 5.75 Å². The average molecular weight is 392 g/mol. The molecule has 0 saturated heterocycles. The van der Waals surface area contributed by atoms with Crippen LogP contribution in [0, 0.1) is 13.8 Å². The first-order valence-corrected chi connectivity index (χ1v) is 9.14. The van der Waals surface area contributed by atoms with Gasteiger partial charge in [0.05, 0.1) is 23.8 Å². The lowest BCUT2D eigenvalue weighted by molar-refractivity contribution is -0.118. The minimum absolute atomic E-state index is 0.215. The van der Waals surface area contributed by atoms with Crippen LogP contribution in [0.5, 0.6) is 5.75 Å². The molecule has 0 radical (unpaired) electrons. The van der Waals surface area contributed by atoms with Crippen LogP contribution in [0.25, 0.3) is 10.2 Å². The van der Waals surface area contributed by atoms with Crippen LogP contribution < -0.4 is 15.6 Å². The number of halogens is 1. The predicted molar refractivity (Wildman–Crippen MR) is 105 cm³/mol. The van der Waals surface area contributed by atoms with Gasteiger partial charge in [0.2, 0.25) is 5.91 Å². The van der Waals surface area contributed by atoms with Crippen LogP contribution in [0.1, 0.15) is 23.4 Å². The molecule has 3 rings (SSSR count). The zero-order valence-electron chi connectivity index (χ0n) is 14.8. The number of rotatable bonds is 4. The Bertz CT molecular complexity index is 1060. The van der Waals surface area contributed by atoms with Crippen molar-refractivity contribution in [2.24, 2.45) is 0 Å². The Balaban J connectivity index is 1.90. The van der Waals surface area contributed by atoms with Gasteiger partial charge in [0.1, 0.15) is 16.6 Å². The number of thiophene rings is 1. The Morgan fingerprint density at radius 1 is 1.38 bits per heavy atom. The van der Waals surface area contributed by atoms with E-state index in [1.165, 1.54) is 29.3 Å². The van der Waals surface area contributed by atoms with E-state index in [4.69, 9.17) is 16.3 Å². The lowest BCUT2D eigenvalue weighted by Gasteiger charge is -2.15. The highest BCUT2D eigenvalue weighted by Crippen LogP contribution is 2.28. The smallest absolute Gasteiger partial charge is 0.263 e. The van der Waals surface area contributed by atoms with E-state index in [2.05, 4.69) is 10.3 Å². The molecule has 0 saturated carbocycles. The molecule has 1 atom stereocenters. The predicted octanol–water partition coefficient (Wildman–Crippen LogP) is 3.94. The molecule has 2 heterocycles. The number of nitrogens with zero attached hydrogens (tertiary/aromatic N) is 2. The summed E-state index contributed by atoms with van der Waals surface area (Å²) < 4.78 is 6.44. The van der Waals surface area contributed by atoms with Crippen LogP contribution in [-0.2, 0) is 4.79 Å². The minimum Gasteiger partial charge on any atom is -0.495 e. The number of hydrogen-bond acceptors (Lipinski definition) is 5. The summed E-state index contributed by atoms with van der Waals surface area (Å²) in [5, 5.41) is 3.73. The van der Waals surface area contributed by atoms with E-state index in [1.54, 1.807) is 25.1 Å². The van der Waals surface area contributed by atoms with Gasteiger partial charge in [0.25, 0.3) is 5.56 Å². The molecule has 8 heteroatoms. The number of carbonyl (C=O) groups excluding carboxylic acids is 1. The molecule has 0 bridgehead atoms. The molecule has 0 fully saturated rings. The largest absolute Gasteiger partial charge is 0.495 e. The quantitative estimate of drug-likeness (QED) is 0.731. The summed E-state index contributed by atoms with van der Waals surface area (Å²) in [7, 11) is 1.52. The Morgan fingerprint density at radius 2 is 2.12 bits per heavy atom. The van der Waals surface area contributed by atoms with E-state index in [-0.39, 0.29) is 11.5 Å². The van der Waals surface area contributed by atoms with Gasteiger partial charge in [0.15, 0.2) is 0 Å². The summed E-state index contributed by atoms with van der Waals surface area (Å²) in [6, 6.07) is 4.23. The van der Waals surface area contributed by atoms with Crippen molar-refractivity contribution in [2.45, 2.75) is 26.8 Å². The zero-order valence-corrected chi connectivity index (χ0v) is 16.4. The maximum Gasteiger partial charge on any atom is 0.263 e. The van der Waals surface area contributed by atoms with Crippen LogP contribution in [0.15, 0.2) is 29.3 Å². The Kier molecular flexibility index (Phi) is 5.02. The summed E-state index contributed by atoms with van der Waals surface area (Å²) in [6.45, 7) is 5.50. The molecule has 3 aromatic rings. The zero-order chi connectivity index (χ0) is 19.0. The van der Waals surface area contributed by atoms with Crippen molar-refractivity contribution in [1.29, 1.82) is 0 Å². The minimum atomic E-state index is -0.722. The molecular weight excluding hydrogens is 374 g/mol. The van der Waals surface area contributed by atoms with Gasteiger partial charge in [-0.05, 0) is 44.5 Å². The molecule has 0 spiro atoms. The van der Waals surface area contributed by atoms with Gasteiger partial charge in [0, 0.05) is 10.6 Å². The number of ether oxygens (including phenoxy) is 1. The number of aromatic nitrogens is 2. The second-order valence-corrected chi connectivity index (χ2v) is 7.55. The van der Waals surface area contributed by atoms with E-state index in [9.17, 15) is 9.59 Å². The van der Waals surface area contributed by atoms with E-state index in [1.807, 2.05) is 13.8 Å². The van der Waals surface area contributed by atoms with Crippen molar-refractivity contribution in [3.05, 3.63) is 50.3 Å². The fourth-order valence-electron chi connectivity index (χ4n) is 2.64. The molecule has 136 valence electrons. The molecule has 26 heavy (non-hydrogen) atoms. The Hall–Kier alpha value is -2.38. The summed E-state index contributed by atoms with van der Waals surface area (Å²) in [5.41, 5.74) is 1.22. The van der Waals surface area contributed by atoms with Crippen molar-refractivity contribution in [3.63, 3.8) is 0 Å². The maximum atomic E-state index is 12.8. The number of methoxy groups -OCH3 is 1. The van der Waals surface area contributed by atoms with E-state index in [0.29, 0.717) is 26.7 Å². The second kappa shape index (κ2) is 7.09. The molecule has 1 aromatic carbocycles. The van der Waals surface area contributed by atoms with Gasteiger partial charge >= 0.3 is 0 Å². The molecule has 0 aliphatic carbocycles. The number of anilines is 1. The number of benzene rings is 1. The molecule has 1 amide bonds. The van der Waals surface area contributed by atoms with Crippen molar-refractivity contribution in [2.75, 3.05) is 12.4 Å². The van der Waals surface area contributed by atoms with Gasteiger partial charge in [-0.1, -0.05) is 11.6 Å².